The van der Waals surface area contributed by atoms with Gasteiger partial charge in [-0.15, -0.1) is 0 Å². The van der Waals surface area contributed by atoms with E-state index < -0.39 is 26.5 Å². The van der Waals surface area contributed by atoms with Crippen LogP contribution < -0.4 is 5.32 Å². The molecule has 9 nitrogen and oxygen atoms in total. The largest absolute Gasteiger partial charge is 0.472 e. The number of phosphoric ester groups is 1. The maximum atomic E-state index is 12.1. The van der Waals surface area contributed by atoms with Gasteiger partial charge in [-0.05, 0) is 12.8 Å². The molecule has 0 bridgehead atoms. The monoisotopic (exact) mass is 818 g/mol. The fourth-order valence-corrected chi connectivity index (χ4v) is 7.91. The molecule has 3 N–H and O–H groups in total. The average Bonchev–Trinajstić information content (AvgIpc) is 3.18. The van der Waals surface area contributed by atoms with E-state index in [-0.39, 0.29) is 25.7 Å². The molecule has 2 atom stereocenters. The van der Waals surface area contributed by atoms with Crippen molar-refractivity contribution in [2.45, 2.75) is 258 Å². The maximum absolute atomic E-state index is 12.1. The number of aliphatic hydroxyl groups excluding tert-OH is 1. The Bertz CT molecular complexity index is 891. The Kier molecular flexibility index (Phi) is 42.8. The number of nitrogens with one attached hydrogen (secondary N) is 1. The average molecular weight is 818 g/mol. The summed E-state index contributed by atoms with van der Waals surface area (Å²) in [6.07, 6.45) is 44.6. The molecule has 1 amide bonds. The van der Waals surface area contributed by atoms with Gasteiger partial charge in [0.25, 0.3) is 0 Å². The number of unbranched alkanes of at least 4 members (excludes halogenated alkanes) is 33. The summed E-state index contributed by atoms with van der Waals surface area (Å²) in [5.41, 5.74) is 0. The van der Waals surface area contributed by atoms with Crippen LogP contribution in [-0.2, 0) is 27.9 Å². The molecule has 2 unspecified atom stereocenters. The summed E-state index contributed by atoms with van der Waals surface area (Å²) in [5.74, 6) is -0.500. The van der Waals surface area contributed by atoms with Crippen molar-refractivity contribution in [2.24, 2.45) is 0 Å². The number of ether oxygens (including phenoxy) is 1. The topological polar surface area (TPSA) is 131 Å². The third kappa shape index (κ3) is 44.1. The zero-order chi connectivity index (χ0) is 41.1. The second kappa shape index (κ2) is 43.6. The number of hydrogen-bond donors (Lipinski definition) is 3. The molecule has 0 aliphatic carbocycles. The molecule has 0 spiro atoms. The fraction of sp³-hybridized carbons (Fsp3) is 0.957. The number of esters is 1. The number of carbonyl (C=O) groups is 2. The maximum Gasteiger partial charge on any atom is 0.472 e. The molecule has 0 aliphatic rings. The minimum Gasteiger partial charge on any atom is -0.463 e. The van der Waals surface area contributed by atoms with E-state index in [2.05, 4.69) is 19.2 Å². The number of carbonyl (C=O) groups excluding carboxylic acids is 2. The lowest BCUT2D eigenvalue weighted by Gasteiger charge is -2.15. The number of amides is 1. The van der Waals surface area contributed by atoms with E-state index in [9.17, 15) is 24.2 Å². The molecule has 10 heteroatoms. The Labute approximate surface area is 346 Å². The highest BCUT2D eigenvalue weighted by atomic mass is 31.2. The van der Waals surface area contributed by atoms with Crippen LogP contribution in [0.25, 0.3) is 0 Å². The van der Waals surface area contributed by atoms with Crippen LogP contribution in [0.3, 0.4) is 0 Å². The van der Waals surface area contributed by atoms with Gasteiger partial charge in [-0.25, -0.2) is 4.57 Å². The van der Waals surface area contributed by atoms with Gasteiger partial charge in [0.05, 0.1) is 13.2 Å². The molecular formula is C46H92NO8P. The van der Waals surface area contributed by atoms with Crippen LogP contribution in [0.4, 0.5) is 0 Å². The highest BCUT2D eigenvalue weighted by Crippen LogP contribution is 2.42. The van der Waals surface area contributed by atoms with E-state index in [1.807, 2.05) is 0 Å². The minimum atomic E-state index is -4.41. The molecule has 0 aliphatic heterocycles. The fourth-order valence-electron chi connectivity index (χ4n) is 7.15. The zero-order valence-electron chi connectivity index (χ0n) is 36.9. The van der Waals surface area contributed by atoms with Crippen molar-refractivity contribution in [2.75, 3.05) is 26.4 Å². The Morgan fingerprint density at radius 1 is 0.482 bits per heavy atom. The number of phosphoric acid groups is 1. The van der Waals surface area contributed by atoms with Gasteiger partial charge in [0.2, 0.25) is 5.91 Å². The lowest BCUT2D eigenvalue weighted by atomic mass is 10.0. The van der Waals surface area contributed by atoms with Gasteiger partial charge in [-0.3, -0.25) is 18.6 Å². The van der Waals surface area contributed by atoms with Crippen LogP contribution in [0, 0.1) is 0 Å². The lowest BCUT2D eigenvalue weighted by Crippen LogP contribution is -2.27. The predicted octanol–water partition coefficient (Wildman–Crippen LogP) is 13.6. The van der Waals surface area contributed by atoms with Crippen molar-refractivity contribution < 1.29 is 37.9 Å². The molecule has 0 aromatic rings. The van der Waals surface area contributed by atoms with Crippen molar-refractivity contribution in [3.05, 3.63) is 0 Å². The van der Waals surface area contributed by atoms with Crippen molar-refractivity contribution in [1.29, 1.82) is 0 Å². The van der Waals surface area contributed by atoms with Gasteiger partial charge in [0.1, 0.15) is 12.7 Å². The van der Waals surface area contributed by atoms with E-state index in [1.165, 1.54) is 186 Å². The predicted molar refractivity (Wildman–Crippen MR) is 234 cm³/mol. The molecule has 0 rings (SSSR count). The lowest BCUT2D eigenvalue weighted by molar-refractivity contribution is -0.147. The molecule has 0 aromatic heterocycles. The number of rotatable bonds is 46. The smallest absolute Gasteiger partial charge is 0.463 e. The van der Waals surface area contributed by atoms with Crippen molar-refractivity contribution in [3.63, 3.8) is 0 Å². The van der Waals surface area contributed by atoms with Crippen LogP contribution in [0.15, 0.2) is 0 Å². The van der Waals surface area contributed by atoms with E-state index >= 15 is 0 Å². The first-order valence-corrected chi connectivity index (χ1v) is 25.5. The highest BCUT2D eigenvalue weighted by molar-refractivity contribution is 7.47. The van der Waals surface area contributed by atoms with Gasteiger partial charge in [0.15, 0.2) is 0 Å². The highest BCUT2D eigenvalue weighted by Gasteiger charge is 2.23. The summed E-state index contributed by atoms with van der Waals surface area (Å²) in [4.78, 5) is 34.0. The van der Waals surface area contributed by atoms with Crippen LogP contribution in [0.5, 0.6) is 0 Å². The van der Waals surface area contributed by atoms with E-state index in [0.29, 0.717) is 12.8 Å². The third-order valence-corrected chi connectivity index (χ3v) is 11.8. The molecule has 334 valence electrons. The van der Waals surface area contributed by atoms with Crippen molar-refractivity contribution in [3.8, 4) is 0 Å². The Hall–Kier alpha value is -0.990. The van der Waals surface area contributed by atoms with Gasteiger partial charge < -0.3 is 20.1 Å². The second-order valence-electron chi connectivity index (χ2n) is 16.5. The first kappa shape index (κ1) is 55.0. The first-order valence-electron chi connectivity index (χ1n) is 24.0. The third-order valence-electron chi connectivity index (χ3n) is 10.8. The summed E-state index contributed by atoms with van der Waals surface area (Å²) in [6.45, 7) is 3.61. The van der Waals surface area contributed by atoms with E-state index in [0.717, 1.165) is 38.5 Å². The molecule has 0 fully saturated rings. The van der Waals surface area contributed by atoms with Crippen LogP contribution >= 0.6 is 7.82 Å². The molecule has 0 saturated carbocycles. The SMILES string of the molecule is CCCCCCCCCCCCCCCCCCCCCCC(=O)NCCOP(=O)(O)OCC(O)COC(=O)CCCCCCCCCCCCCCCCC. The standard InChI is InChI=1S/C46H92NO8P/c1-3-5-7-9-11-13-15-17-19-20-21-22-23-25-26-28-30-32-34-36-38-45(49)47-40-41-54-56(51,52)55-43-44(48)42-53-46(50)39-37-35-33-31-29-27-24-18-16-14-12-10-8-6-4-2/h44,48H,3-43H2,1-2H3,(H,47,49)(H,51,52). The van der Waals surface area contributed by atoms with Crippen LogP contribution in [0.1, 0.15) is 251 Å². The number of hydrogen-bond acceptors (Lipinski definition) is 7. The molecular weight excluding hydrogens is 725 g/mol. The van der Waals surface area contributed by atoms with Gasteiger partial charge >= 0.3 is 13.8 Å². The summed E-state index contributed by atoms with van der Waals surface area (Å²) in [6, 6.07) is 0. The number of aliphatic hydroxyl groups is 1. The minimum absolute atomic E-state index is 0.0887. The quantitative estimate of drug-likeness (QED) is 0.0314. The van der Waals surface area contributed by atoms with E-state index in [4.69, 9.17) is 13.8 Å². The summed E-state index contributed by atoms with van der Waals surface area (Å²) in [7, 11) is -4.41. The second-order valence-corrected chi connectivity index (χ2v) is 17.9. The van der Waals surface area contributed by atoms with Crippen molar-refractivity contribution in [1.82, 2.24) is 5.32 Å². The van der Waals surface area contributed by atoms with Crippen molar-refractivity contribution >= 4 is 19.7 Å². The van der Waals surface area contributed by atoms with Crippen LogP contribution in [0.2, 0.25) is 0 Å². The summed E-state index contributed by atoms with van der Waals surface area (Å²) in [5, 5.41) is 12.7. The summed E-state index contributed by atoms with van der Waals surface area (Å²) >= 11 is 0. The van der Waals surface area contributed by atoms with Crippen LogP contribution in [-0.4, -0.2) is 54.3 Å². The zero-order valence-corrected chi connectivity index (χ0v) is 37.8. The Morgan fingerprint density at radius 2 is 0.804 bits per heavy atom. The molecule has 0 saturated heterocycles. The summed E-state index contributed by atoms with van der Waals surface area (Å²) < 4.78 is 26.9. The van der Waals surface area contributed by atoms with E-state index in [1.54, 1.807) is 0 Å². The van der Waals surface area contributed by atoms with Gasteiger partial charge in [0, 0.05) is 19.4 Å². The normalized spacial score (nSPS) is 13.1. The Balaban J connectivity index is 3.51. The molecule has 0 heterocycles. The molecule has 56 heavy (non-hydrogen) atoms. The molecule has 0 aromatic carbocycles. The first-order chi connectivity index (χ1) is 27.3. The van der Waals surface area contributed by atoms with Gasteiger partial charge in [-0.2, -0.15) is 0 Å². The van der Waals surface area contributed by atoms with Gasteiger partial charge in [-0.1, -0.05) is 226 Å². The Morgan fingerprint density at radius 3 is 1.16 bits per heavy atom. The molecule has 0 radical (unpaired) electrons.